The molecule has 1 saturated heterocycles. The van der Waals surface area contributed by atoms with Crippen LogP contribution in [0.4, 0.5) is 0 Å². The summed E-state index contributed by atoms with van der Waals surface area (Å²) < 4.78 is 5.33. The maximum Gasteiger partial charge on any atom is 0.311 e. The molecule has 86 valence electrons. The van der Waals surface area contributed by atoms with Crippen molar-refractivity contribution < 1.29 is 9.53 Å². The Morgan fingerprint density at radius 2 is 2.13 bits per heavy atom. The predicted octanol–water partition coefficient (Wildman–Crippen LogP) is 0.936. The zero-order chi connectivity index (χ0) is 11.6. The molecular formula is C11H20N2O2. The Hall–Kier alpha value is -0.870. The highest BCUT2D eigenvalue weighted by atomic mass is 16.6. The molecule has 0 aromatic rings. The number of hydrazine groups is 1. The Morgan fingerprint density at radius 1 is 1.53 bits per heavy atom. The van der Waals surface area contributed by atoms with Gasteiger partial charge in [0.15, 0.2) is 0 Å². The van der Waals surface area contributed by atoms with Crippen molar-refractivity contribution in [2.24, 2.45) is 17.7 Å². The van der Waals surface area contributed by atoms with Gasteiger partial charge in [-0.2, -0.15) is 0 Å². The molecule has 4 heteroatoms. The maximum absolute atomic E-state index is 11.8. The van der Waals surface area contributed by atoms with Crippen LogP contribution in [0.1, 0.15) is 20.8 Å². The molecule has 2 atom stereocenters. The van der Waals surface area contributed by atoms with Gasteiger partial charge in [0.1, 0.15) is 5.60 Å². The molecule has 0 saturated carbocycles. The van der Waals surface area contributed by atoms with Crippen LogP contribution in [-0.4, -0.2) is 29.7 Å². The van der Waals surface area contributed by atoms with E-state index >= 15 is 0 Å². The van der Waals surface area contributed by atoms with E-state index in [4.69, 9.17) is 10.6 Å². The molecule has 1 rings (SSSR count). The van der Waals surface area contributed by atoms with Crippen LogP contribution in [-0.2, 0) is 9.53 Å². The lowest BCUT2D eigenvalue weighted by atomic mass is 9.96. The summed E-state index contributed by atoms with van der Waals surface area (Å²) in [5.74, 6) is 5.42. The highest BCUT2D eigenvalue weighted by molar-refractivity contribution is 5.74. The number of carbonyl (C=O) groups is 1. The smallest absolute Gasteiger partial charge is 0.311 e. The van der Waals surface area contributed by atoms with Crippen molar-refractivity contribution in [3.8, 4) is 0 Å². The van der Waals surface area contributed by atoms with E-state index in [0.717, 1.165) is 0 Å². The molecule has 1 aliphatic heterocycles. The van der Waals surface area contributed by atoms with Gasteiger partial charge in [-0.05, 0) is 20.8 Å². The summed E-state index contributed by atoms with van der Waals surface area (Å²) >= 11 is 0. The summed E-state index contributed by atoms with van der Waals surface area (Å²) in [4.78, 5) is 11.8. The fourth-order valence-electron chi connectivity index (χ4n) is 1.73. The first kappa shape index (κ1) is 12.2. The van der Waals surface area contributed by atoms with Crippen LogP contribution in [0.3, 0.4) is 0 Å². The van der Waals surface area contributed by atoms with Crippen molar-refractivity contribution in [2.75, 3.05) is 13.1 Å². The van der Waals surface area contributed by atoms with Crippen molar-refractivity contribution in [3.05, 3.63) is 12.7 Å². The molecular weight excluding hydrogens is 192 g/mol. The molecule has 0 unspecified atom stereocenters. The summed E-state index contributed by atoms with van der Waals surface area (Å²) in [6.45, 7) is 10.5. The summed E-state index contributed by atoms with van der Waals surface area (Å²) in [5, 5.41) is 1.64. The monoisotopic (exact) mass is 212 g/mol. The highest BCUT2D eigenvalue weighted by Gasteiger charge is 2.37. The minimum atomic E-state index is -0.440. The maximum atomic E-state index is 11.8. The van der Waals surface area contributed by atoms with Crippen LogP contribution in [0.25, 0.3) is 0 Å². The normalized spacial score (nSPS) is 27.7. The number of esters is 1. The number of hydrogen-bond donors (Lipinski definition) is 1. The first-order chi connectivity index (χ1) is 6.83. The number of rotatable bonds is 2. The Morgan fingerprint density at radius 3 is 2.60 bits per heavy atom. The second-order valence-corrected chi connectivity index (χ2v) is 4.99. The second kappa shape index (κ2) is 4.33. The summed E-state index contributed by atoms with van der Waals surface area (Å²) in [6.07, 6.45) is 1.78. The van der Waals surface area contributed by atoms with Gasteiger partial charge in [0.2, 0.25) is 0 Å². The van der Waals surface area contributed by atoms with Gasteiger partial charge >= 0.3 is 5.97 Å². The fourth-order valence-corrected chi connectivity index (χ4v) is 1.73. The molecule has 0 aromatic heterocycles. The highest BCUT2D eigenvalue weighted by Crippen LogP contribution is 2.25. The summed E-state index contributed by atoms with van der Waals surface area (Å²) in [7, 11) is 0. The van der Waals surface area contributed by atoms with Gasteiger partial charge in [0, 0.05) is 19.0 Å². The van der Waals surface area contributed by atoms with Crippen LogP contribution >= 0.6 is 0 Å². The van der Waals surface area contributed by atoms with Gasteiger partial charge in [-0.25, -0.2) is 5.01 Å². The van der Waals surface area contributed by atoms with E-state index in [1.54, 1.807) is 11.1 Å². The van der Waals surface area contributed by atoms with Gasteiger partial charge in [-0.15, -0.1) is 6.58 Å². The van der Waals surface area contributed by atoms with Gasteiger partial charge in [-0.3, -0.25) is 10.6 Å². The SMILES string of the molecule is C=C[C@@H]1CN(N)C[C@H]1C(=O)OC(C)(C)C. The molecule has 4 nitrogen and oxygen atoms in total. The first-order valence-corrected chi connectivity index (χ1v) is 5.18. The molecule has 0 spiro atoms. The third-order valence-corrected chi connectivity index (χ3v) is 2.41. The summed E-state index contributed by atoms with van der Waals surface area (Å²) in [5.41, 5.74) is -0.440. The predicted molar refractivity (Wildman–Crippen MR) is 58.8 cm³/mol. The van der Waals surface area contributed by atoms with E-state index in [-0.39, 0.29) is 17.8 Å². The topological polar surface area (TPSA) is 55.6 Å². The molecule has 2 N–H and O–H groups in total. The Bertz CT molecular complexity index is 258. The fraction of sp³-hybridized carbons (Fsp3) is 0.727. The molecule has 0 amide bonds. The van der Waals surface area contributed by atoms with E-state index in [1.165, 1.54) is 0 Å². The zero-order valence-corrected chi connectivity index (χ0v) is 9.69. The van der Waals surface area contributed by atoms with Crippen LogP contribution in [0, 0.1) is 11.8 Å². The van der Waals surface area contributed by atoms with E-state index in [9.17, 15) is 4.79 Å². The van der Waals surface area contributed by atoms with Gasteiger partial charge in [-0.1, -0.05) is 6.08 Å². The number of nitrogens with two attached hydrogens (primary N) is 1. The van der Waals surface area contributed by atoms with Crippen molar-refractivity contribution in [3.63, 3.8) is 0 Å². The molecule has 15 heavy (non-hydrogen) atoms. The standard InChI is InChI=1S/C11H20N2O2/c1-5-8-6-13(12)7-9(8)10(14)15-11(2,3)4/h5,8-9H,1,6-7,12H2,2-4H3/t8-,9-/m1/s1. The van der Waals surface area contributed by atoms with Crippen molar-refractivity contribution in [2.45, 2.75) is 26.4 Å². The molecule has 1 heterocycles. The van der Waals surface area contributed by atoms with E-state index < -0.39 is 5.60 Å². The van der Waals surface area contributed by atoms with Gasteiger partial charge in [0.05, 0.1) is 5.92 Å². The molecule has 0 aromatic carbocycles. The Balaban J connectivity index is 2.63. The zero-order valence-electron chi connectivity index (χ0n) is 9.69. The van der Waals surface area contributed by atoms with Crippen LogP contribution in [0.2, 0.25) is 0 Å². The summed E-state index contributed by atoms with van der Waals surface area (Å²) in [6, 6.07) is 0. The first-order valence-electron chi connectivity index (χ1n) is 5.18. The molecule has 0 radical (unpaired) electrons. The third-order valence-electron chi connectivity index (χ3n) is 2.41. The Labute approximate surface area is 91.0 Å². The Kier molecular flexibility index (Phi) is 3.52. The number of hydrogen-bond acceptors (Lipinski definition) is 4. The van der Waals surface area contributed by atoms with E-state index in [0.29, 0.717) is 13.1 Å². The van der Waals surface area contributed by atoms with Crippen molar-refractivity contribution >= 4 is 5.97 Å². The van der Waals surface area contributed by atoms with E-state index in [1.807, 2.05) is 20.8 Å². The minimum Gasteiger partial charge on any atom is -0.460 e. The quantitative estimate of drug-likeness (QED) is 0.420. The van der Waals surface area contributed by atoms with Crippen LogP contribution in [0.5, 0.6) is 0 Å². The lowest BCUT2D eigenvalue weighted by Crippen LogP contribution is -2.33. The number of ether oxygens (including phenoxy) is 1. The lowest BCUT2D eigenvalue weighted by molar-refractivity contribution is -0.160. The van der Waals surface area contributed by atoms with E-state index in [2.05, 4.69) is 6.58 Å². The van der Waals surface area contributed by atoms with Gasteiger partial charge < -0.3 is 4.74 Å². The van der Waals surface area contributed by atoms with Crippen LogP contribution < -0.4 is 5.84 Å². The lowest BCUT2D eigenvalue weighted by Gasteiger charge is -2.23. The molecule has 1 fully saturated rings. The van der Waals surface area contributed by atoms with Crippen molar-refractivity contribution in [1.82, 2.24) is 5.01 Å². The third kappa shape index (κ3) is 3.32. The minimum absolute atomic E-state index is 0.102. The number of carbonyl (C=O) groups excluding carboxylic acids is 1. The molecule has 0 bridgehead atoms. The van der Waals surface area contributed by atoms with Crippen molar-refractivity contribution in [1.29, 1.82) is 0 Å². The van der Waals surface area contributed by atoms with Gasteiger partial charge in [0.25, 0.3) is 0 Å². The number of nitrogens with zero attached hydrogens (tertiary/aromatic N) is 1. The largest absolute Gasteiger partial charge is 0.460 e. The second-order valence-electron chi connectivity index (χ2n) is 4.99. The average Bonchev–Trinajstić information content (AvgIpc) is 2.43. The average molecular weight is 212 g/mol. The molecule has 1 aliphatic rings. The molecule has 0 aliphatic carbocycles. The van der Waals surface area contributed by atoms with Crippen LogP contribution in [0.15, 0.2) is 12.7 Å².